The molecule has 2 aliphatic rings. The second kappa shape index (κ2) is 15.0. The number of halogens is 4. The minimum atomic E-state index is -4.76. The molecule has 0 saturated carbocycles. The Balaban J connectivity index is 0.00000148. The summed E-state index contributed by atoms with van der Waals surface area (Å²) in [6, 6.07) is 14.1. The number of hydrogen-bond acceptors (Lipinski definition) is 7. The van der Waals surface area contributed by atoms with E-state index in [1.54, 1.807) is 6.92 Å². The van der Waals surface area contributed by atoms with Gasteiger partial charge in [-0.2, -0.15) is 18.3 Å². The molecule has 13 heteroatoms. The highest BCUT2D eigenvalue weighted by Gasteiger charge is 2.42. The van der Waals surface area contributed by atoms with Crippen LogP contribution in [0.25, 0.3) is 11.1 Å². The number of esters is 1. The molecule has 45 heavy (non-hydrogen) atoms. The van der Waals surface area contributed by atoms with Crippen molar-refractivity contribution in [1.82, 2.24) is 14.7 Å². The summed E-state index contributed by atoms with van der Waals surface area (Å²) in [5, 5.41) is 11.5. The fourth-order valence-corrected chi connectivity index (χ4v) is 6.18. The molecule has 9 nitrogen and oxygen atoms in total. The number of benzene rings is 2. The van der Waals surface area contributed by atoms with Gasteiger partial charge in [0, 0.05) is 67.3 Å². The predicted molar refractivity (Wildman–Crippen MR) is 168 cm³/mol. The minimum Gasteiger partial charge on any atom is -0.483 e. The Hall–Kier alpha value is -3.77. The van der Waals surface area contributed by atoms with E-state index in [1.165, 1.54) is 5.69 Å². The van der Waals surface area contributed by atoms with Crippen LogP contribution < -0.4 is 9.80 Å². The van der Waals surface area contributed by atoms with Crippen molar-refractivity contribution in [2.75, 3.05) is 55.7 Å². The average molecular weight is 650 g/mol. The molecule has 1 atom stereocenters. The molecule has 3 aromatic rings. The van der Waals surface area contributed by atoms with Gasteiger partial charge in [0.15, 0.2) is 5.69 Å². The average Bonchev–Trinajstić information content (AvgIpc) is 3.49. The first-order valence-electron chi connectivity index (χ1n) is 15.0. The summed E-state index contributed by atoms with van der Waals surface area (Å²) in [7, 11) is 0. The Morgan fingerprint density at radius 2 is 1.76 bits per heavy atom. The summed E-state index contributed by atoms with van der Waals surface area (Å²) in [6.07, 6.45) is -2.64. The van der Waals surface area contributed by atoms with Crippen LogP contribution in [0.3, 0.4) is 0 Å². The van der Waals surface area contributed by atoms with Gasteiger partial charge in [-0.15, -0.1) is 0 Å². The highest BCUT2D eigenvalue weighted by Crippen LogP contribution is 2.39. The summed E-state index contributed by atoms with van der Waals surface area (Å²) < 4.78 is 48.3. The number of carbonyl (C=O) groups is 2. The highest BCUT2D eigenvalue weighted by molar-refractivity contribution is 6.31. The first-order valence-corrected chi connectivity index (χ1v) is 15.4. The molecule has 0 amide bonds. The lowest BCUT2D eigenvalue weighted by Gasteiger charge is -2.38. The second-order valence-corrected chi connectivity index (χ2v) is 11.7. The molecule has 1 unspecified atom stereocenters. The van der Waals surface area contributed by atoms with Crippen LogP contribution in [0.15, 0.2) is 48.7 Å². The molecule has 1 N–H and O–H groups in total. The zero-order valence-electron chi connectivity index (χ0n) is 25.6. The van der Waals surface area contributed by atoms with Gasteiger partial charge in [0.1, 0.15) is 5.56 Å². The SMILES string of the molecule is CCOC(=O)c1cnn(C2CCCN(c3cc(Cl)ccc3-c3ccc(N4CCN(C(C)C)CC4)cc3)C2)c1C(F)(F)F.O=CO. The molecule has 0 spiro atoms. The lowest BCUT2D eigenvalue weighted by Crippen LogP contribution is -2.48. The molecule has 2 aliphatic heterocycles. The van der Waals surface area contributed by atoms with Crippen molar-refractivity contribution >= 4 is 35.4 Å². The van der Waals surface area contributed by atoms with Crippen molar-refractivity contribution in [2.24, 2.45) is 0 Å². The number of alkyl halides is 3. The number of aromatic nitrogens is 2. The van der Waals surface area contributed by atoms with Crippen LogP contribution in [0.1, 0.15) is 55.7 Å². The zero-order chi connectivity index (χ0) is 32.7. The maximum atomic E-state index is 14.2. The Morgan fingerprint density at radius 1 is 1.09 bits per heavy atom. The number of ether oxygens (including phenoxy) is 1. The molecular weight excluding hydrogens is 611 g/mol. The number of carbonyl (C=O) groups excluding carboxylic acids is 1. The van der Waals surface area contributed by atoms with Crippen LogP contribution in [-0.4, -0.2) is 84.1 Å². The highest BCUT2D eigenvalue weighted by atomic mass is 35.5. The van der Waals surface area contributed by atoms with E-state index in [2.05, 4.69) is 57.9 Å². The second-order valence-electron chi connectivity index (χ2n) is 11.2. The van der Waals surface area contributed by atoms with Crippen LogP contribution in [0.5, 0.6) is 0 Å². The van der Waals surface area contributed by atoms with Crippen LogP contribution in [0, 0.1) is 0 Å². The lowest BCUT2D eigenvalue weighted by molar-refractivity contribution is -0.145. The molecule has 1 aromatic heterocycles. The Labute approximate surface area is 266 Å². The predicted octanol–water partition coefficient (Wildman–Crippen LogP) is 6.47. The largest absolute Gasteiger partial charge is 0.483 e. The third-order valence-electron chi connectivity index (χ3n) is 8.19. The molecule has 0 radical (unpaired) electrons. The first-order chi connectivity index (χ1) is 21.5. The number of piperazine rings is 1. The van der Waals surface area contributed by atoms with Crippen molar-refractivity contribution in [2.45, 2.75) is 51.9 Å². The molecule has 0 aliphatic carbocycles. The summed E-state index contributed by atoms with van der Waals surface area (Å²) >= 11 is 6.44. The van der Waals surface area contributed by atoms with E-state index in [0.29, 0.717) is 37.0 Å². The zero-order valence-corrected chi connectivity index (χ0v) is 26.4. The number of piperidine rings is 1. The Kier molecular flexibility index (Phi) is 11.4. The first kappa shape index (κ1) is 34.1. The fraction of sp³-hybridized carbons (Fsp3) is 0.469. The molecular formula is C32H39ClF3N5O4. The third kappa shape index (κ3) is 8.09. The van der Waals surface area contributed by atoms with Crippen molar-refractivity contribution in [3.05, 3.63) is 64.9 Å². The van der Waals surface area contributed by atoms with Crippen molar-refractivity contribution < 1.29 is 32.6 Å². The Bertz CT molecular complexity index is 1440. The maximum absolute atomic E-state index is 14.2. The molecule has 2 saturated heterocycles. The van der Waals surface area contributed by atoms with Crippen LogP contribution in [-0.2, 0) is 15.7 Å². The Morgan fingerprint density at radius 3 is 2.36 bits per heavy atom. The third-order valence-corrected chi connectivity index (χ3v) is 8.43. The molecule has 2 fully saturated rings. The summed E-state index contributed by atoms with van der Waals surface area (Å²) in [6.45, 7) is 10.7. The van der Waals surface area contributed by atoms with Crippen molar-refractivity contribution in [3.63, 3.8) is 0 Å². The number of carboxylic acid groups (broad SMARTS) is 1. The van der Waals surface area contributed by atoms with Crippen LogP contribution in [0.4, 0.5) is 24.5 Å². The van der Waals surface area contributed by atoms with Gasteiger partial charge in [0.05, 0.1) is 18.8 Å². The summed E-state index contributed by atoms with van der Waals surface area (Å²) in [5.41, 5.74) is 2.37. The van der Waals surface area contributed by atoms with Gasteiger partial charge in [0.2, 0.25) is 0 Å². The van der Waals surface area contributed by atoms with E-state index in [9.17, 15) is 18.0 Å². The topological polar surface area (TPSA) is 91.1 Å². The van der Waals surface area contributed by atoms with Gasteiger partial charge in [0.25, 0.3) is 6.47 Å². The van der Waals surface area contributed by atoms with Crippen molar-refractivity contribution in [1.29, 1.82) is 0 Å². The lowest BCUT2D eigenvalue weighted by atomic mass is 9.99. The fourth-order valence-electron chi connectivity index (χ4n) is 6.01. The summed E-state index contributed by atoms with van der Waals surface area (Å²) in [5.74, 6) is -1.02. The van der Waals surface area contributed by atoms with Gasteiger partial charge >= 0.3 is 12.1 Å². The van der Waals surface area contributed by atoms with Gasteiger partial charge in [-0.1, -0.05) is 29.8 Å². The van der Waals surface area contributed by atoms with E-state index >= 15 is 0 Å². The molecule has 5 rings (SSSR count). The van der Waals surface area contributed by atoms with Crippen molar-refractivity contribution in [3.8, 4) is 11.1 Å². The van der Waals surface area contributed by atoms with E-state index < -0.39 is 29.4 Å². The van der Waals surface area contributed by atoms with Crippen LogP contribution in [0.2, 0.25) is 5.02 Å². The molecule has 244 valence electrons. The smallest absolute Gasteiger partial charge is 0.433 e. The normalized spacial score (nSPS) is 17.6. The monoisotopic (exact) mass is 649 g/mol. The number of hydrogen-bond donors (Lipinski definition) is 1. The molecule has 2 aromatic carbocycles. The number of nitrogens with zero attached hydrogens (tertiary/aromatic N) is 5. The number of rotatable bonds is 7. The van der Waals surface area contributed by atoms with E-state index in [-0.39, 0.29) is 13.1 Å². The summed E-state index contributed by atoms with van der Waals surface area (Å²) in [4.78, 5) is 27.6. The van der Waals surface area contributed by atoms with E-state index in [4.69, 9.17) is 26.2 Å². The quantitative estimate of drug-likeness (QED) is 0.230. The maximum Gasteiger partial charge on any atom is 0.433 e. The van der Waals surface area contributed by atoms with Gasteiger partial charge in [-0.25, -0.2) is 4.79 Å². The van der Waals surface area contributed by atoms with Gasteiger partial charge in [-0.05, 0) is 63.4 Å². The van der Waals surface area contributed by atoms with Gasteiger partial charge in [-0.3, -0.25) is 14.4 Å². The minimum absolute atomic E-state index is 0.0220. The van der Waals surface area contributed by atoms with Crippen LogP contribution >= 0.6 is 11.6 Å². The van der Waals surface area contributed by atoms with Gasteiger partial charge < -0.3 is 19.6 Å². The molecule has 3 heterocycles. The number of anilines is 2. The van der Waals surface area contributed by atoms with E-state index in [0.717, 1.165) is 53.9 Å². The van der Waals surface area contributed by atoms with E-state index in [1.807, 2.05) is 18.2 Å². The standard InChI is InChI=1S/C31H37ClF3N5O2.CH2O2/c1-4-42-30(41)27-19-36-40(29(27)31(33,34)35)25-6-5-13-39(20-25)28-18-23(32)9-12-26(28)22-7-10-24(11-8-22)38-16-14-37(15-17-38)21(2)3;2-1-3/h7-12,18-19,21,25H,4-6,13-17,20H2,1-3H3;1H,(H,2,3). The molecule has 0 bridgehead atoms.